The van der Waals surface area contributed by atoms with E-state index in [0.29, 0.717) is 12.5 Å². The van der Waals surface area contributed by atoms with Crippen LogP contribution in [0.5, 0.6) is 17.4 Å². The molecule has 0 atom stereocenters. The highest BCUT2D eigenvalue weighted by Gasteiger charge is 2.02. The normalized spacial score (nSPS) is 10.5. The molecule has 1 aromatic heterocycles. The van der Waals surface area contributed by atoms with Gasteiger partial charge < -0.3 is 14.6 Å². The van der Waals surface area contributed by atoms with Crippen LogP contribution >= 0.6 is 0 Å². The van der Waals surface area contributed by atoms with Crippen LogP contribution in [0.15, 0.2) is 54.6 Å². The second kappa shape index (κ2) is 5.71. The van der Waals surface area contributed by atoms with Gasteiger partial charge in [0, 0.05) is 6.07 Å². The summed E-state index contributed by atoms with van der Waals surface area (Å²) in [5.41, 5.74) is 0.797. The lowest BCUT2D eigenvalue weighted by atomic mass is 10.1. The molecule has 0 unspecified atom stereocenters. The maximum Gasteiger partial charge on any atom is 0.213 e. The zero-order valence-electron chi connectivity index (χ0n) is 11.6. The Morgan fingerprint density at radius 3 is 2.71 bits per heavy atom. The van der Waals surface area contributed by atoms with Gasteiger partial charge in [0.1, 0.15) is 18.1 Å². The van der Waals surface area contributed by atoms with Crippen molar-refractivity contribution in [3.63, 3.8) is 0 Å². The van der Waals surface area contributed by atoms with Crippen molar-refractivity contribution in [3.05, 3.63) is 60.3 Å². The van der Waals surface area contributed by atoms with E-state index in [-0.39, 0.29) is 5.75 Å². The third-order valence-corrected chi connectivity index (χ3v) is 3.17. The third-order valence-electron chi connectivity index (χ3n) is 3.17. The topological polar surface area (TPSA) is 51.6 Å². The van der Waals surface area contributed by atoms with Gasteiger partial charge in [-0.25, -0.2) is 4.98 Å². The van der Waals surface area contributed by atoms with Crippen molar-refractivity contribution in [3.8, 4) is 17.4 Å². The number of hydrogen-bond donors (Lipinski definition) is 1. The zero-order valence-corrected chi connectivity index (χ0v) is 11.6. The molecule has 3 aromatic rings. The van der Waals surface area contributed by atoms with Crippen LogP contribution < -0.4 is 9.47 Å². The molecule has 4 nitrogen and oxygen atoms in total. The molecule has 0 aliphatic carbocycles. The van der Waals surface area contributed by atoms with E-state index in [9.17, 15) is 5.11 Å². The molecule has 0 aliphatic heterocycles. The standard InChI is InChI=1S/C17H15NO3/c1-20-17-4-2-3-14(18-17)11-21-16-8-6-12-5-7-15(19)9-13(12)10-16/h2-10,19H,11H2,1H3. The fourth-order valence-corrected chi connectivity index (χ4v) is 2.11. The fourth-order valence-electron chi connectivity index (χ4n) is 2.11. The summed E-state index contributed by atoms with van der Waals surface area (Å²) in [6, 6.07) is 16.6. The SMILES string of the molecule is COc1cccc(COc2ccc3ccc(O)cc3c2)n1. The molecule has 1 heterocycles. The highest BCUT2D eigenvalue weighted by atomic mass is 16.5. The Morgan fingerprint density at radius 2 is 1.86 bits per heavy atom. The van der Waals surface area contributed by atoms with Crippen LogP contribution in [0.25, 0.3) is 10.8 Å². The zero-order chi connectivity index (χ0) is 14.7. The van der Waals surface area contributed by atoms with Crippen molar-refractivity contribution >= 4 is 10.8 Å². The van der Waals surface area contributed by atoms with E-state index in [4.69, 9.17) is 9.47 Å². The van der Waals surface area contributed by atoms with E-state index in [2.05, 4.69) is 4.98 Å². The van der Waals surface area contributed by atoms with Gasteiger partial charge in [0.25, 0.3) is 0 Å². The summed E-state index contributed by atoms with van der Waals surface area (Å²) in [7, 11) is 1.59. The Labute approximate surface area is 122 Å². The lowest BCUT2D eigenvalue weighted by molar-refractivity contribution is 0.298. The largest absolute Gasteiger partial charge is 0.508 e. The summed E-state index contributed by atoms with van der Waals surface area (Å²) < 4.78 is 10.8. The monoisotopic (exact) mass is 281 g/mol. The number of fused-ring (bicyclic) bond motifs is 1. The first-order valence-corrected chi connectivity index (χ1v) is 6.60. The van der Waals surface area contributed by atoms with Crippen LogP contribution in [0.1, 0.15) is 5.69 Å². The molecule has 0 spiro atoms. The molecular weight excluding hydrogens is 266 g/mol. The predicted molar refractivity (Wildman–Crippen MR) is 80.7 cm³/mol. The minimum Gasteiger partial charge on any atom is -0.508 e. The van der Waals surface area contributed by atoms with Gasteiger partial charge in [-0.05, 0) is 41.1 Å². The lowest BCUT2D eigenvalue weighted by Gasteiger charge is -2.08. The molecule has 106 valence electrons. The van der Waals surface area contributed by atoms with Crippen molar-refractivity contribution in [1.82, 2.24) is 4.98 Å². The molecule has 0 fully saturated rings. The quantitative estimate of drug-likeness (QED) is 0.795. The van der Waals surface area contributed by atoms with Crippen molar-refractivity contribution in [2.45, 2.75) is 6.61 Å². The van der Waals surface area contributed by atoms with Gasteiger partial charge in [0.05, 0.1) is 12.8 Å². The van der Waals surface area contributed by atoms with E-state index < -0.39 is 0 Å². The van der Waals surface area contributed by atoms with Crippen LogP contribution in [0.3, 0.4) is 0 Å². The number of hydrogen-bond acceptors (Lipinski definition) is 4. The first-order chi connectivity index (χ1) is 10.2. The maximum absolute atomic E-state index is 9.52. The lowest BCUT2D eigenvalue weighted by Crippen LogP contribution is -1.99. The summed E-state index contributed by atoms with van der Waals surface area (Å²) in [5, 5.41) is 11.5. The van der Waals surface area contributed by atoms with Crippen LogP contribution in [-0.2, 0) is 6.61 Å². The Kier molecular flexibility index (Phi) is 3.60. The summed E-state index contributed by atoms with van der Waals surface area (Å²) in [6.07, 6.45) is 0. The van der Waals surface area contributed by atoms with Crippen LogP contribution in [0.4, 0.5) is 0 Å². The Balaban J connectivity index is 1.78. The predicted octanol–water partition coefficient (Wildman–Crippen LogP) is 3.53. The molecule has 0 radical (unpaired) electrons. The molecule has 0 bridgehead atoms. The Morgan fingerprint density at radius 1 is 1.00 bits per heavy atom. The molecule has 3 rings (SSSR count). The average Bonchev–Trinajstić information content (AvgIpc) is 2.52. The van der Waals surface area contributed by atoms with E-state index in [0.717, 1.165) is 22.2 Å². The number of ether oxygens (including phenoxy) is 2. The fraction of sp³-hybridized carbons (Fsp3) is 0.118. The number of rotatable bonds is 4. The van der Waals surface area contributed by atoms with Gasteiger partial charge in [-0.2, -0.15) is 0 Å². The van der Waals surface area contributed by atoms with Crippen LogP contribution in [0.2, 0.25) is 0 Å². The third kappa shape index (κ3) is 3.05. The summed E-state index contributed by atoms with van der Waals surface area (Å²) >= 11 is 0. The van der Waals surface area contributed by atoms with E-state index in [1.165, 1.54) is 0 Å². The summed E-state index contributed by atoms with van der Waals surface area (Å²) in [4.78, 5) is 4.30. The van der Waals surface area contributed by atoms with Crippen molar-refractivity contribution in [1.29, 1.82) is 0 Å². The molecule has 21 heavy (non-hydrogen) atoms. The van der Waals surface area contributed by atoms with Gasteiger partial charge >= 0.3 is 0 Å². The Bertz CT molecular complexity index is 771. The molecule has 0 saturated heterocycles. The molecular formula is C17H15NO3. The first kappa shape index (κ1) is 13.2. The maximum atomic E-state index is 9.52. The second-order valence-electron chi connectivity index (χ2n) is 4.65. The van der Waals surface area contributed by atoms with E-state index >= 15 is 0 Å². The van der Waals surface area contributed by atoms with Crippen LogP contribution in [-0.4, -0.2) is 17.2 Å². The molecule has 0 amide bonds. The minimum absolute atomic E-state index is 0.245. The Hall–Kier alpha value is -2.75. The molecule has 0 aliphatic rings. The van der Waals surface area contributed by atoms with Crippen LogP contribution in [0, 0.1) is 0 Å². The number of benzene rings is 2. The molecule has 1 N–H and O–H groups in total. The number of phenolic OH excluding ortho intramolecular Hbond substituents is 1. The van der Waals surface area contributed by atoms with Crippen molar-refractivity contribution in [2.75, 3.05) is 7.11 Å². The van der Waals surface area contributed by atoms with Gasteiger partial charge in [-0.3, -0.25) is 0 Å². The second-order valence-corrected chi connectivity index (χ2v) is 4.65. The summed E-state index contributed by atoms with van der Waals surface area (Å²) in [5.74, 6) is 1.55. The average molecular weight is 281 g/mol. The van der Waals surface area contributed by atoms with Gasteiger partial charge in [-0.1, -0.05) is 18.2 Å². The highest BCUT2D eigenvalue weighted by Crippen LogP contribution is 2.24. The smallest absolute Gasteiger partial charge is 0.213 e. The van der Waals surface area contributed by atoms with Gasteiger partial charge in [-0.15, -0.1) is 0 Å². The number of aromatic nitrogens is 1. The van der Waals surface area contributed by atoms with Gasteiger partial charge in [0.2, 0.25) is 5.88 Å². The molecule has 0 saturated carbocycles. The number of methoxy groups -OCH3 is 1. The first-order valence-electron chi connectivity index (χ1n) is 6.60. The van der Waals surface area contributed by atoms with Crippen molar-refractivity contribution < 1.29 is 14.6 Å². The number of pyridine rings is 1. The minimum atomic E-state index is 0.245. The van der Waals surface area contributed by atoms with E-state index in [1.54, 1.807) is 25.3 Å². The van der Waals surface area contributed by atoms with E-state index in [1.807, 2.05) is 36.4 Å². The highest BCUT2D eigenvalue weighted by molar-refractivity contribution is 5.85. The van der Waals surface area contributed by atoms with Crippen molar-refractivity contribution in [2.24, 2.45) is 0 Å². The molecule has 4 heteroatoms. The summed E-state index contributed by atoms with van der Waals surface area (Å²) in [6.45, 7) is 0.363. The molecule has 2 aromatic carbocycles. The number of nitrogens with zero attached hydrogens (tertiary/aromatic N) is 1. The van der Waals surface area contributed by atoms with Gasteiger partial charge in [0.15, 0.2) is 0 Å². The number of phenols is 1. The number of aromatic hydroxyl groups is 1.